The number of benzene rings is 3. The molecule has 39 heavy (non-hydrogen) atoms. The Balaban J connectivity index is 1.52. The van der Waals surface area contributed by atoms with Gasteiger partial charge >= 0.3 is 5.97 Å². The standard InChI is InChI=1S/C31H32N6O2/c1-4-10-28-32-27(5-2)29(31(38)39-6-3)37(28)20-21-13-15-23(16-14-21)26-19-24(22-11-8-7-9-12-22)17-18-25(26)30-33-35-36-34-30/h7-9,11-19H,4-6,10,20H2,1-3H3,(H,33,34,35,36). The fourth-order valence-corrected chi connectivity index (χ4v) is 4.85. The number of rotatable bonds is 10. The van der Waals surface area contributed by atoms with Crippen molar-refractivity contribution >= 4 is 5.97 Å². The van der Waals surface area contributed by atoms with Crippen LogP contribution in [0.1, 0.15) is 54.8 Å². The number of hydrogen-bond acceptors (Lipinski definition) is 6. The molecule has 0 aliphatic rings. The predicted octanol–water partition coefficient (Wildman–Crippen LogP) is 6.14. The number of aromatic amines is 1. The van der Waals surface area contributed by atoms with Crippen molar-refractivity contribution in [2.45, 2.75) is 46.6 Å². The molecular formula is C31H32N6O2. The van der Waals surface area contributed by atoms with E-state index in [2.05, 4.69) is 76.1 Å². The summed E-state index contributed by atoms with van der Waals surface area (Å²) in [7, 11) is 0. The van der Waals surface area contributed by atoms with Crippen LogP contribution in [-0.2, 0) is 24.1 Å². The molecule has 0 aliphatic heterocycles. The minimum absolute atomic E-state index is 0.316. The third-order valence-electron chi connectivity index (χ3n) is 6.71. The number of aromatic nitrogens is 6. The van der Waals surface area contributed by atoms with Crippen molar-refractivity contribution in [3.63, 3.8) is 0 Å². The lowest BCUT2D eigenvalue weighted by Gasteiger charge is -2.14. The summed E-state index contributed by atoms with van der Waals surface area (Å²) < 4.78 is 7.42. The van der Waals surface area contributed by atoms with Crippen molar-refractivity contribution < 1.29 is 9.53 Å². The van der Waals surface area contributed by atoms with Crippen LogP contribution in [0.15, 0.2) is 72.8 Å². The lowest BCUT2D eigenvalue weighted by Crippen LogP contribution is -2.16. The number of esters is 1. The van der Waals surface area contributed by atoms with Crippen molar-refractivity contribution in [2.75, 3.05) is 6.61 Å². The highest BCUT2D eigenvalue weighted by atomic mass is 16.5. The molecule has 0 unspecified atom stereocenters. The van der Waals surface area contributed by atoms with Crippen LogP contribution in [0.3, 0.4) is 0 Å². The van der Waals surface area contributed by atoms with Gasteiger partial charge in [0.2, 0.25) is 5.82 Å². The number of aryl methyl sites for hydroxylation is 2. The first-order valence-electron chi connectivity index (χ1n) is 13.4. The third-order valence-corrected chi connectivity index (χ3v) is 6.71. The van der Waals surface area contributed by atoms with Gasteiger partial charge in [0.15, 0.2) is 5.69 Å². The summed E-state index contributed by atoms with van der Waals surface area (Å²) in [5, 5.41) is 14.8. The van der Waals surface area contributed by atoms with E-state index in [9.17, 15) is 4.79 Å². The average molecular weight is 521 g/mol. The number of carbonyl (C=O) groups is 1. The van der Waals surface area contributed by atoms with Gasteiger partial charge in [0.05, 0.1) is 12.3 Å². The van der Waals surface area contributed by atoms with Crippen LogP contribution in [0.4, 0.5) is 0 Å². The maximum atomic E-state index is 12.9. The molecule has 1 N–H and O–H groups in total. The molecule has 198 valence electrons. The van der Waals surface area contributed by atoms with E-state index in [1.54, 1.807) is 0 Å². The molecule has 0 atom stereocenters. The lowest BCUT2D eigenvalue weighted by atomic mass is 9.93. The first-order chi connectivity index (χ1) is 19.1. The van der Waals surface area contributed by atoms with Crippen molar-refractivity contribution in [1.82, 2.24) is 30.2 Å². The Bertz CT molecular complexity index is 1540. The average Bonchev–Trinajstić information content (AvgIpc) is 3.63. The Morgan fingerprint density at radius 1 is 0.897 bits per heavy atom. The molecule has 0 saturated carbocycles. The number of carbonyl (C=O) groups excluding carboxylic acids is 1. The van der Waals surface area contributed by atoms with E-state index in [0.717, 1.165) is 57.7 Å². The van der Waals surface area contributed by atoms with Crippen molar-refractivity contribution in [1.29, 1.82) is 0 Å². The molecule has 0 spiro atoms. The van der Waals surface area contributed by atoms with Crippen molar-refractivity contribution in [2.24, 2.45) is 0 Å². The Hall–Kier alpha value is -4.59. The minimum Gasteiger partial charge on any atom is -0.461 e. The zero-order valence-electron chi connectivity index (χ0n) is 22.5. The minimum atomic E-state index is -0.316. The highest BCUT2D eigenvalue weighted by Crippen LogP contribution is 2.34. The number of nitrogens with zero attached hydrogens (tertiary/aromatic N) is 5. The maximum Gasteiger partial charge on any atom is 0.356 e. The second-order valence-corrected chi connectivity index (χ2v) is 9.29. The third kappa shape index (κ3) is 5.50. The smallest absolute Gasteiger partial charge is 0.356 e. The lowest BCUT2D eigenvalue weighted by molar-refractivity contribution is 0.0512. The Morgan fingerprint density at radius 3 is 2.33 bits per heavy atom. The number of hydrogen-bond donors (Lipinski definition) is 1. The van der Waals surface area contributed by atoms with E-state index in [4.69, 9.17) is 9.72 Å². The van der Waals surface area contributed by atoms with E-state index in [1.807, 2.05) is 42.7 Å². The SMILES string of the molecule is CCCc1nc(CC)c(C(=O)OCC)n1Cc1ccc(-c2cc(-c3ccccc3)ccc2-c2nn[nH]n2)cc1. The summed E-state index contributed by atoms with van der Waals surface area (Å²) in [6.45, 7) is 6.83. The molecule has 5 rings (SSSR count). The monoisotopic (exact) mass is 520 g/mol. The highest BCUT2D eigenvalue weighted by Gasteiger charge is 2.23. The summed E-state index contributed by atoms with van der Waals surface area (Å²) in [4.78, 5) is 17.7. The van der Waals surface area contributed by atoms with Crippen LogP contribution in [0.25, 0.3) is 33.6 Å². The number of nitrogens with one attached hydrogen (secondary N) is 1. The van der Waals surface area contributed by atoms with Crippen LogP contribution < -0.4 is 0 Å². The van der Waals surface area contributed by atoms with Gasteiger partial charge < -0.3 is 9.30 Å². The number of tetrazole rings is 1. The molecule has 5 aromatic rings. The first kappa shape index (κ1) is 26.0. The molecule has 0 bridgehead atoms. The second-order valence-electron chi connectivity index (χ2n) is 9.29. The molecule has 0 aliphatic carbocycles. The van der Waals surface area contributed by atoms with Gasteiger partial charge in [-0.05, 0) is 64.9 Å². The van der Waals surface area contributed by atoms with Gasteiger partial charge in [-0.1, -0.05) is 74.5 Å². The van der Waals surface area contributed by atoms with Crippen LogP contribution in [0.2, 0.25) is 0 Å². The first-order valence-corrected chi connectivity index (χ1v) is 13.4. The van der Waals surface area contributed by atoms with Gasteiger partial charge in [0.25, 0.3) is 0 Å². The van der Waals surface area contributed by atoms with E-state index < -0.39 is 0 Å². The van der Waals surface area contributed by atoms with Crippen molar-refractivity contribution in [3.8, 4) is 33.6 Å². The molecular weight excluding hydrogens is 488 g/mol. The molecule has 0 amide bonds. The number of imidazole rings is 1. The Morgan fingerprint density at radius 2 is 1.67 bits per heavy atom. The van der Waals surface area contributed by atoms with Crippen LogP contribution in [0, 0.1) is 0 Å². The fraction of sp³-hybridized carbons (Fsp3) is 0.258. The van der Waals surface area contributed by atoms with Gasteiger partial charge in [0, 0.05) is 18.5 Å². The van der Waals surface area contributed by atoms with Gasteiger partial charge in [0.1, 0.15) is 5.82 Å². The molecule has 0 fully saturated rings. The summed E-state index contributed by atoms with van der Waals surface area (Å²) >= 11 is 0. The number of ether oxygens (including phenoxy) is 1. The molecule has 3 aromatic carbocycles. The van der Waals surface area contributed by atoms with Gasteiger partial charge in [-0.25, -0.2) is 9.78 Å². The molecule has 8 heteroatoms. The molecule has 2 aromatic heterocycles. The van der Waals surface area contributed by atoms with E-state index in [1.165, 1.54) is 0 Å². The van der Waals surface area contributed by atoms with Gasteiger partial charge in [-0.2, -0.15) is 5.21 Å². The predicted molar refractivity (Wildman–Crippen MR) is 151 cm³/mol. The topological polar surface area (TPSA) is 98.6 Å². The zero-order chi connectivity index (χ0) is 27.2. The molecule has 8 nitrogen and oxygen atoms in total. The van der Waals surface area contributed by atoms with Crippen molar-refractivity contribution in [3.05, 3.63) is 95.6 Å². The quantitative estimate of drug-likeness (QED) is 0.222. The summed E-state index contributed by atoms with van der Waals surface area (Å²) in [6, 6.07) is 25.0. The normalized spacial score (nSPS) is 11.1. The summed E-state index contributed by atoms with van der Waals surface area (Å²) in [5.74, 6) is 1.14. The van der Waals surface area contributed by atoms with Crippen LogP contribution in [0.5, 0.6) is 0 Å². The van der Waals surface area contributed by atoms with Crippen LogP contribution in [-0.4, -0.2) is 42.8 Å². The second kappa shape index (κ2) is 11.9. The summed E-state index contributed by atoms with van der Waals surface area (Å²) in [5.41, 5.74) is 7.61. The summed E-state index contributed by atoms with van der Waals surface area (Å²) in [6.07, 6.45) is 2.41. The Kier molecular flexibility index (Phi) is 7.91. The molecule has 2 heterocycles. The van der Waals surface area contributed by atoms with E-state index in [0.29, 0.717) is 31.1 Å². The van der Waals surface area contributed by atoms with Gasteiger partial charge in [-0.3, -0.25) is 0 Å². The van der Waals surface area contributed by atoms with Gasteiger partial charge in [-0.15, -0.1) is 10.2 Å². The Labute approximate surface area is 228 Å². The highest BCUT2D eigenvalue weighted by molar-refractivity contribution is 5.89. The molecule has 0 radical (unpaired) electrons. The maximum absolute atomic E-state index is 12.9. The fourth-order valence-electron chi connectivity index (χ4n) is 4.85. The van der Waals surface area contributed by atoms with E-state index >= 15 is 0 Å². The zero-order valence-corrected chi connectivity index (χ0v) is 22.5. The largest absolute Gasteiger partial charge is 0.461 e. The molecule has 0 saturated heterocycles. The number of H-pyrrole nitrogens is 1. The van der Waals surface area contributed by atoms with E-state index in [-0.39, 0.29) is 5.97 Å². The van der Waals surface area contributed by atoms with Crippen LogP contribution >= 0.6 is 0 Å².